The summed E-state index contributed by atoms with van der Waals surface area (Å²) < 4.78 is 5.28. The zero-order valence-electron chi connectivity index (χ0n) is 19.5. The van der Waals surface area contributed by atoms with Crippen molar-refractivity contribution < 1.29 is 29.0 Å². The molecule has 4 rings (SSSR count). The second kappa shape index (κ2) is 10.5. The van der Waals surface area contributed by atoms with Crippen molar-refractivity contribution in [1.82, 2.24) is 20.4 Å². The Hall–Kier alpha value is -3.31. The molecule has 10 nitrogen and oxygen atoms in total. The van der Waals surface area contributed by atoms with Crippen molar-refractivity contribution in [3.63, 3.8) is 0 Å². The first-order chi connectivity index (χ1) is 16.8. The van der Waals surface area contributed by atoms with Gasteiger partial charge in [-0.25, -0.2) is 4.79 Å². The lowest BCUT2D eigenvalue weighted by molar-refractivity contribution is -0.151. The van der Waals surface area contributed by atoms with E-state index >= 15 is 0 Å². The van der Waals surface area contributed by atoms with Crippen LogP contribution in [0.15, 0.2) is 53.4 Å². The number of rotatable bonds is 7. The third kappa shape index (κ3) is 5.20. The van der Waals surface area contributed by atoms with Crippen LogP contribution in [-0.4, -0.2) is 82.1 Å². The summed E-state index contributed by atoms with van der Waals surface area (Å²) in [4.78, 5) is 53.3. The third-order valence-corrected chi connectivity index (χ3v) is 7.51. The summed E-state index contributed by atoms with van der Waals surface area (Å²) in [5.41, 5.74) is 1.78. The highest BCUT2D eigenvalue weighted by Gasteiger charge is 2.54. The minimum Gasteiger partial charge on any atom is -0.477 e. The summed E-state index contributed by atoms with van der Waals surface area (Å²) in [5, 5.41) is 14.9. The van der Waals surface area contributed by atoms with Crippen molar-refractivity contribution in [3.8, 4) is 0 Å². The molecule has 0 bridgehead atoms. The van der Waals surface area contributed by atoms with Crippen LogP contribution < -0.4 is 10.6 Å². The van der Waals surface area contributed by atoms with Crippen LogP contribution in [0.25, 0.3) is 0 Å². The number of carbonyl (C=O) groups excluding carboxylic acids is 3. The monoisotopic (exact) mass is 500 g/mol. The Kier molecular flexibility index (Phi) is 7.46. The maximum atomic E-state index is 13.3. The number of carboxylic acid groups (broad SMARTS) is 1. The van der Waals surface area contributed by atoms with E-state index in [0.717, 1.165) is 0 Å². The standard InChI is InChI=1S/C24H28N4O6S/c1-14-13-35-23-19(22(31)28(23)20(14)24(32)33)26-21(30)18(16-6-4-3-5-7-16)25-15(2)12-17(29)27-8-10-34-11-9-27/h3-7,12,18-19,23,25H,8-11,13H2,1-2H3,(H,26,30)(H,32,33)/b15-12-. The van der Waals surface area contributed by atoms with Crippen LogP contribution >= 0.6 is 11.8 Å². The molecule has 2 saturated heterocycles. The predicted molar refractivity (Wildman–Crippen MR) is 129 cm³/mol. The Labute approximate surface area is 207 Å². The Morgan fingerprint density at radius 1 is 1.20 bits per heavy atom. The van der Waals surface area contributed by atoms with E-state index in [1.54, 1.807) is 43.0 Å². The van der Waals surface area contributed by atoms with Crippen LogP contribution in [0.3, 0.4) is 0 Å². The number of carbonyl (C=O) groups is 4. The van der Waals surface area contributed by atoms with E-state index in [1.165, 1.54) is 22.7 Å². The topological polar surface area (TPSA) is 128 Å². The highest BCUT2D eigenvalue weighted by atomic mass is 32.2. The van der Waals surface area contributed by atoms with Crippen molar-refractivity contribution in [2.75, 3.05) is 32.1 Å². The number of nitrogens with zero attached hydrogens (tertiary/aromatic N) is 2. The van der Waals surface area contributed by atoms with Crippen molar-refractivity contribution in [2.24, 2.45) is 0 Å². The number of aliphatic carboxylic acids is 1. The zero-order chi connectivity index (χ0) is 25.1. The van der Waals surface area contributed by atoms with Gasteiger partial charge in [-0.05, 0) is 25.0 Å². The lowest BCUT2D eigenvalue weighted by Gasteiger charge is -2.49. The predicted octanol–water partition coefficient (Wildman–Crippen LogP) is 0.838. The SMILES string of the molecule is CC1=C(C(=O)O)N2C(=O)C(NC(=O)C(N/C(C)=C\C(=O)N3CCOCC3)c3ccccc3)C2SC1. The first-order valence-electron chi connectivity index (χ1n) is 11.3. The van der Waals surface area contributed by atoms with E-state index in [-0.39, 0.29) is 11.6 Å². The van der Waals surface area contributed by atoms with Crippen molar-refractivity contribution in [1.29, 1.82) is 0 Å². The summed E-state index contributed by atoms with van der Waals surface area (Å²) in [6.07, 6.45) is 1.45. The Balaban J connectivity index is 1.48. The molecule has 186 valence electrons. The number of hydrogen-bond acceptors (Lipinski definition) is 7. The molecule has 1 aromatic carbocycles. The lowest BCUT2D eigenvalue weighted by Crippen LogP contribution is -2.71. The molecule has 0 aromatic heterocycles. The molecule has 3 unspecified atom stereocenters. The fraction of sp³-hybridized carbons (Fsp3) is 0.417. The fourth-order valence-electron chi connectivity index (χ4n) is 4.29. The highest BCUT2D eigenvalue weighted by Crippen LogP contribution is 2.40. The van der Waals surface area contributed by atoms with Crippen molar-refractivity contribution in [2.45, 2.75) is 31.3 Å². The maximum Gasteiger partial charge on any atom is 0.352 e. The summed E-state index contributed by atoms with van der Waals surface area (Å²) in [7, 11) is 0. The molecule has 0 aliphatic carbocycles. The van der Waals surface area contributed by atoms with E-state index < -0.39 is 35.2 Å². The second-order valence-electron chi connectivity index (χ2n) is 8.58. The van der Waals surface area contributed by atoms with Gasteiger partial charge in [0.2, 0.25) is 11.8 Å². The van der Waals surface area contributed by atoms with Crippen LogP contribution in [0.2, 0.25) is 0 Å². The smallest absolute Gasteiger partial charge is 0.352 e. The quantitative estimate of drug-likeness (QED) is 0.371. The minimum absolute atomic E-state index is 0.0117. The van der Waals surface area contributed by atoms with Gasteiger partial charge in [-0.3, -0.25) is 19.3 Å². The average Bonchev–Trinajstić information content (AvgIpc) is 2.86. The summed E-state index contributed by atoms with van der Waals surface area (Å²) in [5.74, 6) is -1.75. The molecule has 3 heterocycles. The van der Waals surface area contributed by atoms with Gasteiger partial charge < -0.3 is 25.4 Å². The van der Waals surface area contributed by atoms with Gasteiger partial charge in [0.25, 0.3) is 5.91 Å². The maximum absolute atomic E-state index is 13.3. The van der Waals surface area contributed by atoms with Crippen LogP contribution in [-0.2, 0) is 23.9 Å². The van der Waals surface area contributed by atoms with Gasteiger partial charge in [-0.2, -0.15) is 0 Å². The molecule has 0 spiro atoms. The number of amides is 3. The Morgan fingerprint density at radius 3 is 2.54 bits per heavy atom. The number of hydrogen-bond donors (Lipinski definition) is 3. The lowest BCUT2D eigenvalue weighted by atomic mass is 10.0. The molecule has 3 aliphatic heterocycles. The molecular formula is C24H28N4O6S. The van der Waals surface area contributed by atoms with Crippen LogP contribution in [0.4, 0.5) is 0 Å². The molecule has 2 fully saturated rings. The number of thioether (sulfide) groups is 1. The van der Waals surface area contributed by atoms with Gasteiger partial charge in [0, 0.05) is 30.6 Å². The van der Waals surface area contributed by atoms with Crippen molar-refractivity contribution >= 4 is 35.5 Å². The van der Waals surface area contributed by atoms with E-state index in [2.05, 4.69) is 10.6 Å². The largest absolute Gasteiger partial charge is 0.477 e. The molecule has 3 N–H and O–H groups in total. The van der Waals surface area contributed by atoms with E-state index in [0.29, 0.717) is 48.9 Å². The van der Waals surface area contributed by atoms with Crippen LogP contribution in [0.1, 0.15) is 25.5 Å². The third-order valence-electron chi connectivity index (χ3n) is 6.09. The Morgan fingerprint density at radius 2 is 1.89 bits per heavy atom. The molecule has 0 radical (unpaired) electrons. The van der Waals surface area contributed by atoms with E-state index in [9.17, 15) is 24.3 Å². The molecule has 0 saturated carbocycles. The van der Waals surface area contributed by atoms with E-state index in [1.807, 2.05) is 6.07 Å². The van der Waals surface area contributed by atoms with Gasteiger partial charge in [0.15, 0.2) is 0 Å². The molecule has 1 aromatic rings. The fourth-order valence-corrected chi connectivity index (χ4v) is 5.58. The highest BCUT2D eigenvalue weighted by molar-refractivity contribution is 8.00. The average molecular weight is 501 g/mol. The number of carboxylic acids is 1. The summed E-state index contributed by atoms with van der Waals surface area (Å²) >= 11 is 1.42. The summed E-state index contributed by atoms with van der Waals surface area (Å²) in [6, 6.07) is 7.32. The normalized spacial score (nSPS) is 23.3. The number of nitrogens with one attached hydrogen (secondary N) is 2. The number of fused-ring (bicyclic) bond motifs is 1. The van der Waals surface area contributed by atoms with Gasteiger partial charge in [0.05, 0.1) is 13.2 Å². The minimum atomic E-state index is -1.15. The molecule has 3 amide bonds. The molecule has 35 heavy (non-hydrogen) atoms. The number of morpholine rings is 1. The number of benzene rings is 1. The number of ether oxygens (including phenoxy) is 1. The van der Waals surface area contributed by atoms with Crippen molar-refractivity contribution in [3.05, 3.63) is 58.9 Å². The number of allylic oxidation sites excluding steroid dienone is 1. The van der Waals surface area contributed by atoms with Crippen LogP contribution in [0.5, 0.6) is 0 Å². The van der Waals surface area contributed by atoms with Gasteiger partial charge in [0.1, 0.15) is 23.2 Å². The number of β-lactam (4-membered cyclic amide) rings is 1. The summed E-state index contributed by atoms with van der Waals surface area (Å²) in [6.45, 7) is 5.40. The first kappa shape index (κ1) is 24.8. The molecule has 3 aliphatic rings. The Bertz CT molecular complexity index is 1080. The van der Waals surface area contributed by atoms with Gasteiger partial charge in [-0.1, -0.05) is 30.3 Å². The second-order valence-corrected chi connectivity index (χ2v) is 9.69. The van der Waals surface area contributed by atoms with Crippen LogP contribution in [0, 0.1) is 0 Å². The van der Waals surface area contributed by atoms with Gasteiger partial charge in [-0.15, -0.1) is 11.8 Å². The van der Waals surface area contributed by atoms with E-state index in [4.69, 9.17) is 4.74 Å². The molecular weight excluding hydrogens is 472 g/mol. The molecule has 3 atom stereocenters. The zero-order valence-corrected chi connectivity index (χ0v) is 20.3. The van der Waals surface area contributed by atoms with Gasteiger partial charge >= 0.3 is 5.97 Å². The molecule has 11 heteroatoms. The first-order valence-corrected chi connectivity index (χ1v) is 12.4.